The van der Waals surface area contributed by atoms with Gasteiger partial charge in [0.2, 0.25) is 0 Å². The molecule has 0 fully saturated rings. The molecular formula is C18H21N3O3S. The van der Waals surface area contributed by atoms with Crippen LogP contribution >= 0.6 is 11.3 Å². The van der Waals surface area contributed by atoms with Gasteiger partial charge in [0.25, 0.3) is 5.91 Å². The monoisotopic (exact) mass is 359 g/mol. The van der Waals surface area contributed by atoms with Gasteiger partial charge in [0, 0.05) is 23.0 Å². The molecule has 3 rings (SSSR count). The topological polar surface area (TPSA) is 80.3 Å². The van der Waals surface area contributed by atoms with Crippen LogP contribution in [0.15, 0.2) is 34.2 Å². The van der Waals surface area contributed by atoms with E-state index in [0.29, 0.717) is 17.1 Å². The SMILES string of the molecule is Cc1ccc(C(C)(O)CNC(=O)c2cc(C)n(-c3nccs3)c2C)o1. The first-order valence-corrected chi connectivity index (χ1v) is 8.84. The van der Waals surface area contributed by atoms with E-state index < -0.39 is 5.60 Å². The first-order chi connectivity index (χ1) is 11.8. The highest BCUT2D eigenvalue weighted by Gasteiger charge is 2.28. The largest absolute Gasteiger partial charge is 0.463 e. The lowest BCUT2D eigenvalue weighted by molar-refractivity contribution is 0.0323. The Morgan fingerprint density at radius 2 is 2.16 bits per heavy atom. The normalized spacial score (nSPS) is 13.6. The van der Waals surface area contributed by atoms with Gasteiger partial charge in [-0.15, -0.1) is 11.3 Å². The fourth-order valence-corrected chi connectivity index (χ4v) is 3.52. The summed E-state index contributed by atoms with van der Waals surface area (Å²) in [6.45, 7) is 7.31. The summed E-state index contributed by atoms with van der Waals surface area (Å²) in [4.78, 5) is 16.9. The molecule has 0 aliphatic rings. The number of hydrogen-bond acceptors (Lipinski definition) is 5. The van der Waals surface area contributed by atoms with Gasteiger partial charge in [-0.3, -0.25) is 9.36 Å². The summed E-state index contributed by atoms with van der Waals surface area (Å²) in [7, 11) is 0. The molecule has 3 heterocycles. The fraction of sp³-hybridized carbons (Fsp3) is 0.333. The van der Waals surface area contributed by atoms with Crippen LogP contribution in [0, 0.1) is 20.8 Å². The molecule has 3 aromatic heterocycles. The van der Waals surface area contributed by atoms with E-state index >= 15 is 0 Å². The van der Waals surface area contributed by atoms with Crippen LogP contribution in [-0.2, 0) is 5.60 Å². The lowest BCUT2D eigenvalue weighted by atomic mass is 10.0. The van der Waals surface area contributed by atoms with Crippen LogP contribution in [0.4, 0.5) is 0 Å². The fourth-order valence-electron chi connectivity index (χ4n) is 2.77. The van der Waals surface area contributed by atoms with E-state index in [2.05, 4.69) is 10.3 Å². The standard InChI is InChI=1S/C18H21N3O3S/c1-11-9-14(13(3)21(11)17-19-7-8-25-17)16(22)20-10-18(4,23)15-6-5-12(2)24-15/h5-9,23H,10H2,1-4H3,(H,20,22). The molecule has 2 N–H and O–H groups in total. The highest BCUT2D eigenvalue weighted by molar-refractivity contribution is 7.12. The molecule has 0 aliphatic heterocycles. The number of thiazole rings is 1. The molecule has 0 aliphatic carbocycles. The lowest BCUT2D eigenvalue weighted by Gasteiger charge is -2.21. The highest BCUT2D eigenvalue weighted by atomic mass is 32.1. The molecule has 25 heavy (non-hydrogen) atoms. The van der Waals surface area contributed by atoms with Gasteiger partial charge in [-0.2, -0.15) is 0 Å². The summed E-state index contributed by atoms with van der Waals surface area (Å²) in [6, 6.07) is 5.33. The summed E-state index contributed by atoms with van der Waals surface area (Å²) in [5, 5.41) is 16.1. The van der Waals surface area contributed by atoms with Crippen molar-refractivity contribution in [1.82, 2.24) is 14.9 Å². The Morgan fingerprint density at radius 1 is 1.40 bits per heavy atom. The predicted molar refractivity (Wildman–Crippen MR) is 96.3 cm³/mol. The summed E-state index contributed by atoms with van der Waals surface area (Å²) >= 11 is 1.51. The van der Waals surface area contributed by atoms with Crippen LogP contribution in [-0.4, -0.2) is 27.1 Å². The number of furan rings is 1. The van der Waals surface area contributed by atoms with Gasteiger partial charge >= 0.3 is 0 Å². The second kappa shape index (κ2) is 6.50. The van der Waals surface area contributed by atoms with Crippen molar-refractivity contribution in [2.45, 2.75) is 33.3 Å². The molecule has 0 saturated carbocycles. The number of aryl methyl sites for hydroxylation is 2. The maximum Gasteiger partial charge on any atom is 0.253 e. The number of aliphatic hydroxyl groups is 1. The average Bonchev–Trinajstić information content (AvgIpc) is 3.26. The van der Waals surface area contributed by atoms with E-state index in [4.69, 9.17) is 4.42 Å². The third kappa shape index (κ3) is 3.38. The summed E-state index contributed by atoms with van der Waals surface area (Å²) in [5.41, 5.74) is 1.05. The molecule has 0 aromatic carbocycles. The zero-order chi connectivity index (χ0) is 18.2. The van der Waals surface area contributed by atoms with Crippen molar-refractivity contribution in [1.29, 1.82) is 0 Å². The maximum atomic E-state index is 12.6. The van der Waals surface area contributed by atoms with Crippen LogP contribution in [0.25, 0.3) is 5.13 Å². The Labute approximate surface area is 150 Å². The average molecular weight is 359 g/mol. The molecule has 0 saturated heterocycles. The number of nitrogens with zero attached hydrogens (tertiary/aromatic N) is 2. The maximum absolute atomic E-state index is 12.6. The Kier molecular flexibility index (Phi) is 4.53. The predicted octanol–water partition coefficient (Wildman–Crippen LogP) is 3.09. The van der Waals surface area contributed by atoms with Crippen molar-refractivity contribution in [3.8, 4) is 5.13 Å². The van der Waals surface area contributed by atoms with Gasteiger partial charge in [-0.05, 0) is 45.9 Å². The number of hydrogen-bond donors (Lipinski definition) is 2. The second-order valence-corrected chi connectivity index (χ2v) is 7.17. The molecule has 1 atom stereocenters. The van der Waals surface area contributed by atoms with Crippen molar-refractivity contribution < 1.29 is 14.3 Å². The molecule has 132 valence electrons. The molecule has 1 unspecified atom stereocenters. The van der Waals surface area contributed by atoms with Crippen LogP contribution < -0.4 is 5.32 Å². The first-order valence-electron chi connectivity index (χ1n) is 7.96. The Morgan fingerprint density at radius 3 is 2.76 bits per heavy atom. The molecule has 6 nitrogen and oxygen atoms in total. The van der Waals surface area contributed by atoms with E-state index in [9.17, 15) is 9.90 Å². The van der Waals surface area contributed by atoms with Gasteiger partial charge in [-0.25, -0.2) is 4.98 Å². The van der Waals surface area contributed by atoms with Crippen LogP contribution in [0.2, 0.25) is 0 Å². The van der Waals surface area contributed by atoms with E-state index in [0.717, 1.165) is 16.5 Å². The number of carbonyl (C=O) groups is 1. The molecule has 0 radical (unpaired) electrons. The zero-order valence-electron chi connectivity index (χ0n) is 14.7. The van der Waals surface area contributed by atoms with Gasteiger partial charge in [-0.1, -0.05) is 0 Å². The Bertz CT molecular complexity index is 891. The van der Waals surface area contributed by atoms with Gasteiger partial charge in [0.05, 0.1) is 12.1 Å². The minimum absolute atomic E-state index is 0.0553. The quantitative estimate of drug-likeness (QED) is 0.734. The van der Waals surface area contributed by atoms with E-state index in [1.54, 1.807) is 25.3 Å². The molecule has 0 bridgehead atoms. The van der Waals surface area contributed by atoms with Crippen LogP contribution in [0.5, 0.6) is 0 Å². The summed E-state index contributed by atoms with van der Waals surface area (Å²) < 4.78 is 7.42. The number of carbonyl (C=O) groups excluding carboxylic acids is 1. The van der Waals surface area contributed by atoms with Crippen LogP contribution in [0.3, 0.4) is 0 Å². The van der Waals surface area contributed by atoms with E-state index in [-0.39, 0.29) is 12.5 Å². The smallest absolute Gasteiger partial charge is 0.253 e. The van der Waals surface area contributed by atoms with Crippen LogP contribution in [0.1, 0.15) is 40.2 Å². The van der Waals surface area contributed by atoms with E-state index in [1.807, 2.05) is 36.8 Å². The van der Waals surface area contributed by atoms with E-state index in [1.165, 1.54) is 11.3 Å². The number of amides is 1. The van der Waals surface area contributed by atoms with Gasteiger partial charge in [0.1, 0.15) is 17.1 Å². The number of rotatable bonds is 5. The Balaban J connectivity index is 1.77. The van der Waals surface area contributed by atoms with Crippen molar-refractivity contribution in [3.63, 3.8) is 0 Å². The highest BCUT2D eigenvalue weighted by Crippen LogP contribution is 2.24. The third-order valence-corrected chi connectivity index (χ3v) is 4.91. The minimum Gasteiger partial charge on any atom is -0.463 e. The third-order valence-electron chi connectivity index (χ3n) is 4.15. The van der Waals surface area contributed by atoms with Crippen molar-refractivity contribution in [2.75, 3.05) is 6.54 Å². The molecule has 1 amide bonds. The zero-order valence-corrected chi connectivity index (χ0v) is 15.5. The number of nitrogens with one attached hydrogen (secondary N) is 1. The van der Waals surface area contributed by atoms with Crippen molar-refractivity contribution >= 4 is 17.2 Å². The lowest BCUT2D eigenvalue weighted by Crippen LogP contribution is -2.38. The van der Waals surface area contributed by atoms with Gasteiger partial charge < -0.3 is 14.8 Å². The van der Waals surface area contributed by atoms with Crippen molar-refractivity contribution in [2.24, 2.45) is 0 Å². The molecule has 7 heteroatoms. The summed E-state index contributed by atoms with van der Waals surface area (Å²) in [5.74, 6) is 0.909. The molecular weight excluding hydrogens is 338 g/mol. The molecule has 3 aromatic rings. The van der Waals surface area contributed by atoms with Crippen molar-refractivity contribution in [3.05, 3.63) is 58.2 Å². The Hall–Kier alpha value is -2.38. The summed E-state index contributed by atoms with van der Waals surface area (Å²) in [6.07, 6.45) is 1.74. The minimum atomic E-state index is -1.27. The second-order valence-electron chi connectivity index (χ2n) is 6.30. The number of aromatic nitrogens is 2. The first kappa shape index (κ1) is 17.4. The molecule has 0 spiro atoms. The van der Waals surface area contributed by atoms with Gasteiger partial charge in [0.15, 0.2) is 5.13 Å².